The van der Waals surface area contributed by atoms with Gasteiger partial charge in [-0.15, -0.1) is 0 Å². The van der Waals surface area contributed by atoms with Crippen LogP contribution in [0.4, 0.5) is 10.1 Å². The summed E-state index contributed by atoms with van der Waals surface area (Å²) in [4.78, 5) is 11.8. The highest BCUT2D eigenvalue weighted by Gasteiger charge is 2.17. The Kier molecular flexibility index (Phi) is 4.49. The molecule has 0 aromatic heterocycles. The Morgan fingerprint density at radius 3 is 2.65 bits per heavy atom. The number of hydrogen-bond acceptors (Lipinski definition) is 2. The molecule has 1 aromatic carbocycles. The molecule has 0 bridgehead atoms. The van der Waals surface area contributed by atoms with Gasteiger partial charge in [0.2, 0.25) is 0 Å². The third kappa shape index (κ3) is 3.44. The molecule has 1 amide bonds. The van der Waals surface area contributed by atoms with E-state index in [-0.39, 0.29) is 11.6 Å². The van der Waals surface area contributed by atoms with Gasteiger partial charge in [0, 0.05) is 11.7 Å². The quantitative estimate of drug-likeness (QED) is 0.792. The molecule has 0 aliphatic rings. The van der Waals surface area contributed by atoms with E-state index in [1.165, 1.54) is 12.1 Å². The number of hydrogen-bond donors (Lipinski definition) is 2. The topological polar surface area (TPSA) is 55.1 Å². The molecule has 3 N–H and O–H groups in total. The Morgan fingerprint density at radius 2 is 2.12 bits per heavy atom. The summed E-state index contributed by atoms with van der Waals surface area (Å²) in [6.07, 6.45) is 0.964. The van der Waals surface area contributed by atoms with E-state index >= 15 is 0 Å². The van der Waals surface area contributed by atoms with Crippen LogP contribution < -0.4 is 11.1 Å². The number of nitrogens with one attached hydrogen (secondary N) is 1. The molecule has 0 spiro atoms. The molecule has 17 heavy (non-hydrogen) atoms. The highest BCUT2D eigenvalue weighted by atomic mass is 19.1. The van der Waals surface area contributed by atoms with Gasteiger partial charge in [-0.2, -0.15) is 0 Å². The molecule has 0 radical (unpaired) electrons. The van der Waals surface area contributed by atoms with Gasteiger partial charge in [-0.3, -0.25) is 4.79 Å². The van der Waals surface area contributed by atoms with Gasteiger partial charge in [-0.1, -0.05) is 20.3 Å². The first-order chi connectivity index (χ1) is 7.95. The Hall–Kier alpha value is -1.58. The SMILES string of the molecule is CCC(C)C(C)NC(=O)c1ccc(N)cc1F. The van der Waals surface area contributed by atoms with Gasteiger partial charge in [-0.25, -0.2) is 4.39 Å². The molecular formula is C13H19FN2O. The molecule has 0 saturated heterocycles. The van der Waals surface area contributed by atoms with Crippen LogP contribution in [0.1, 0.15) is 37.6 Å². The van der Waals surface area contributed by atoms with Crippen LogP contribution in [0.15, 0.2) is 18.2 Å². The average molecular weight is 238 g/mol. The Bertz CT molecular complexity index is 406. The summed E-state index contributed by atoms with van der Waals surface area (Å²) in [6, 6.07) is 4.10. The maximum atomic E-state index is 13.5. The largest absolute Gasteiger partial charge is 0.399 e. The number of nitrogens with two attached hydrogens (primary N) is 1. The summed E-state index contributed by atoms with van der Waals surface area (Å²) < 4.78 is 13.5. The molecule has 0 aliphatic carbocycles. The minimum absolute atomic E-state index is 0.0180. The minimum Gasteiger partial charge on any atom is -0.399 e. The van der Waals surface area contributed by atoms with Gasteiger partial charge in [0.05, 0.1) is 5.56 Å². The fourth-order valence-electron chi connectivity index (χ4n) is 1.50. The van der Waals surface area contributed by atoms with Crippen molar-refractivity contribution in [1.29, 1.82) is 0 Å². The van der Waals surface area contributed by atoms with Crippen molar-refractivity contribution >= 4 is 11.6 Å². The molecule has 0 saturated carbocycles. The van der Waals surface area contributed by atoms with E-state index < -0.39 is 11.7 Å². The molecule has 2 atom stereocenters. The van der Waals surface area contributed by atoms with Gasteiger partial charge in [0.15, 0.2) is 0 Å². The predicted octanol–water partition coefficient (Wildman–Crippen LogP) is 2.57. The van der Waals surface area contributed by atoms with Gasteiger partial charge >= 0.3 is 0 Å². The molecule has 0 aliphatic heterocycles. The smallest absolute Gasteiger partial charge is 0.254 e. The van der Waals surface area contributed by atoms with E-state index in [4.69, 9.17) is 5.73 Å². The van der Waals surface area contributed by atoms with E-state index in [0.29, 0.717) is 11.6 Å². The summed E-state index contributed by atoms with van der Waals surface area (Å²) in [5.41, 5.74) is 5.78. The number of carbonyl (C=O) groups is 1. The molecule has 0 fully saturated rings. The zero-order valence-electron chi connectivity index (χ0n) is 10.5. The van der Waals surface area contributed by atoms with Crippen molar-refractivity contribution in [3.05, 3.63) is 29.6 Å². The van der Waals surface area contributed by atoms with E-state index in [0.717, 1.165) is 12.5 Å². The summed E-state index contributed by atoms with van der Waals surface area (Å²) in [7, 11) is 0. The molecule has 2 unspecified atom stereocenters. The van der Waals surface area contributed by atoms with E-state index in [2.05, 4.69) is 12.2 Å². The highest BCUT2D eigenvalue weighted by molar-refractivity contribution is 5.95. The van der Waals surface area contributed by atoms with Gasteiger partial charge in [0.25, 0.3) is 5.91 Å². The normalized spacial score (nSPS) is 14.1. The number of carbonyl (C=O) groups excluding carboxylic acids is 1. The molecule has 4 heteroatoms. The fourth-order valence-corrected chi connectivity index (χ4v) is 1.50. The van der Waals surface area contributed by atoms with Crippen molar-refractivity contribution in [3.8, 4) is 0 Å². The molecule has 94 valence electrons. The van der Waals surface area contributed by atoms with Crippen molar-refractivity contribution in [1.82, 2.24) is 5.32 Å². The first-order valence-electron chi connectivity index (χ1n) is 5.81. The predicted molar refractivity (Wildman–Crippen MR) is 67.2 cm³/mol. The highest BCUT2D eigenvalue weighted by Crippen LogP contribution is 2.13. The van der Waals surface area contributed by atoms with Gasteiger partial charge in [0.1, 0.15) is 5.82 Å². The van der Waals surface area contributed by atoms with Crippen LogP contribution >= 0.6 is 0 Å². The van der Waals surface area contributed by atoms with Crippen LogP contribution in [0.2, 0.25) is 0 Å². The van der Waals surface area contributed by atoms with E-state index in [1.807, 2.05) is 13.8 Å². The molecule has 1 rings (SSSR count). The van der Waals surface area contributed by atoms with E-state index in [1.54, 1.807) is 0 Å². The maximum Gasteiger partial charge on any atom is 0.254 e. The summed E-state index contributed by atoms with van der Waals surface area (Å²) in [6.45, 7) is 6.02. The van der Waals surface area contributed by atoms with Crippen molar-refractivity contribution in [2.75, 3.05) is 5.73 Å². The zero-order valence-corrected chi connectivity index (χ0v) is 10.5. The lowest BCUT2D eigenvalue weighted by Crippen LogP contribution is -2.37. The van der Waals surface area contributed by atoms with E-state index in [9.17, 15) is 9.18 Å². The standard InChI is InChI=1S/C13H19FN2O/c1-4-8(2)9(3)16-13(17)11-6-5-10(15)7-12(11)14/h5-9H,4,15H2,1-3H3,(H,16,17). The molecule has 0 heterocycles. The van der Waals surface area contributed by atoms with Crippen LogP contribution in [0, 0.1) is 11.7 Å². The first-order valence-corrected chi connectivity index (χ1v) is 5.81. The van der Waals surface area contributed by atoms with Crippen molar-refractivity contribution in [2.24, 2.45) is 5.92 Å². The van der Waals surface area contributed by atoms with Crippen LogP contribution in [0.25, 0.3) is 0 Å². The Labute approximate surface area is 101 Å². The summed E-state index contributed by atoms with van der Waals surface area (Å²) >= 11 is 0. The summed E-state index contributed by atoms with van der Waals surface area (Å²) in [5, 5.41) is 2.79. The average Bonchev–Trinajstić information content (AvgIpc) is 2.27. The Balaban J connectivity index is 2.76. The number of anilines is 1. The van der Waals surface area contributed by atoms with Crippen LogP contribution in [0.3, 0.4) is 0 Å². The van der Waals surface area contributed by atoms with Gasteiger partial charge in [-0.05, 0) is 31.0 Å². The lowest BCUT2D eigenvalue weighted by Gasteiger charge is -2.20. The van der Waals surface area contributed by atoms with Crippen molar-refractivity contribution < 1.29 is 9.18 Å². The number of amides is 1. The third-order valence-corrected chi connectivity index (χ3v) is 3.09. The second kappa shape index (κ2) is 5.66. The molecule has 1 aromatic rings. The third-order valence-electron chi connectivity index (χ3n) is 3.09. The minimum atomic E-state index is -0.584. The first kappa shape index (κ1) is 13.5. The molecule has 3 nitrogen and oxygen atoms in total. The fraction of sp³-hybridized carbons (Fsp3) is 0.462. The van der Waals surface area contributed by atoms with Crippen LogP contribution in [-0.4, -0.2) is 11.9 Å². The second-order valence-corrected chi connectivity index (χ2v) is 4.39. The maximum absolute atomic E-state index is 13.5. The van der Waals surface area contributed by atoms with Crippen molar-refractivity contribution in [2.45, 2.75) is 33.2 Å². The summed E-state index contributed by atoms with van der Waals surface area (Å²) in [5.74, 6) is -0.620. The molecular weight excluding hydrogens is 219 g/mol. The van der Waals surface area contributed by atoms with Crippen LogP contribution in [0.5, 0.6) is 0 Å². The van der Waals surface area contributed by atoms with Crippen LogP contribution in [-0.2, 0) is 0 Å². The lowest BCUT2D eigenvalue weighted by atomic mass is 10.0. The Morgan fingerprint density at radius 1 is 1.47 bits per heavy atom. The number of rotatable bonds is 4. The van der Waals surface area contributed by atoms with Crippen molar-refractivity contribution in [3.63, 3.8) is 0 Å². The number of nitrogen functional groups attached to an aromatic ring is 1. The lowest BCUT2D eigenvalue weighted by molar-refractivity contribution is 0.0924. The monoisotopic (exact) mass is 238 g/mol. The zero-order chi connectivity index (χ0) is 13.0. The number of halogens is 1. The van der Waals surface area contributed by atoms with Gasteiger partial charge < -0.3 is 11.1 Å². The second-order valence-electron chi connectivity index (χ2n) is 4.39. The number of benzene rings is 1.